The molecule has 0 spiro atoms. The summed E-state index contributed by atoms with van der Waals surface area (Å²) in [7, 11) is 3.06. The van der Waals surface area contributed by atoms with E-state index in [1.165, 1.54) is 7.11 Å². The molecule has 0 aromatic rings. The van der Waals surface area contributed by atoms with Gasteiger partial charge >= 0.3 is 5.97 Å². The van der Waals surface area contributed by atoms with Gasteiger partial charge in [0.05, 0.1) is 19.1 Å². The molecule has 0 bridgehead atoms. The minimum atomic E-state index is -0.157. The van der Waals surface area contributed by atoms with Crippen molar-refractivity contribution in [3.8, 4) is 0 Å². The number of hydrogen-bond acceptors (Lipinski definition) is 4. The lowest BCUT2D eigenvalue weighted by Crippen LogP contribution is -2.40. The zero-order valence-corrected chi connectivity index (χ0v) is 11.5. The van der Waals surface area contributed by atoms with Crippen LogP contribution in [0.3, 0.4) is 0 Å². The lowest BCUT2D eigenvalue weighted by Gasteiger charge is -2.31. The number of likely N-dealkylation sites (tertiary alicyclic amines) is 1. The fourth-order valence-electron chi connectivity index (χ4n) is 2.13. The Morgan fingerprint density at radius 2 is 1.89 bits per heavy atom. The molecule has 1 aliphatic rings. The molecular formula is C13H23NO4. The molecule has 1 heterocycles. The van der Waals surface area contributed by atoms with Crippen LogP contribution in [0.4, 0.5) is 0 Å². The number of hydrogen-bond donors (Lipinski definition) is 0. The van der Waals surface area contributed by atoms with Gasteiger partial charge in [-0.05, 0) is 26.2 Å². The summed E-state index contributed by atoms with van der Waals surface area (Å²) in [4.78, 5) is 25.1. The molecule has 18 heavy (non-hydrogen) atoms. The Morgan fingerprint density at radius 1 is 1.28 bits per heavy atom. The molecule has 0 aromatic carbocycles. The highest BCUT2D eigenvalue weighted by Gasteiger charge is 2.27. The molecule has 0 aliphatic carbocycles. The van der Waals surface area contributed by atoms with Crippen molar-refractivity contribution in [1.29, 1.82) is 0 Å². The van der Waals surface area contributed by atoms with Gasteiger partial charge in [0.1, 0.15) is 0 Å². The van der Waals surface area contributed by atoms with Crippen LogP contribution in [-0.2, 0) is 19.1 Å². The Labute approximate surface area is 108 Å². The lowest BCUT2D eigenvalue weighted by molar-refractivity contribution is -0.149. The molecule has 5 nitrogen and oxygen atoms in total. The first-order chi connectivity index (χ1) is 8.58. The van der Waals surface area contributed by atoms with E-state index in [0.29, 0.717) is 32.4 Å². The van der Waals surface area contributed by atoms with Gasteiger partial charge in [0.2, 0.25) is 5.91 Å². The highest BCUT2D eigenvalue weighted by Crippen LogP contribution is 2.19. The zero-order chi connectivity index (χ0) is 13.5. The third-order valence-corrected chi connectivity index (χ3v) is 3.55. The smallest absolute Gasteiger partial charge is 0.308 e. The summed E-state index contributed by atoms with van der Waals surface area (Å²) in [5, 5.41) is 0. The summed E-state index contributed by atoms with van der Waals surface area (Å²) in [5.41, 5.74) is 0. The first-order valence-electron chi connectivity index (χ1n) is 6.46. The van der Waals surface area contributed by atoms with Crippen molar-refractivity contribution in [3.05, 3.63) is 0 Å². The lowest BCUT2D eigenvalue weighted by atomic mass is 9.96. The molecule has 0 aromatic heterocycles. The fraction of sp³-hybridized carbons (Fsp3) is 0.846. The standard InChI is InChI=1S/C13H23NO4/c1-10(17-2)4-5-12(15)14-8-6-11(7-9-14)13(16)18-3/h10-11H,4-9H2,1-3H3. The summed E-state index contributed by atoms with van der Waals surface area (Å²) < 4.78 is 9.84. The molecule has 0 N–H and O–H groups in total. The van der Waals surface area contributed by atoms with E-state index in [1.807, 2.05) is 11.8 Å². The van der Waals surface area contributed by atoms with E-state index >= 15 is 0 Å². The van der Waals surface area contributed by atoms with Gasteiger partial charge in [-0.1, -0.05) is 0 Å². The largest absolute Gasteiger partial charge is 0.469 e. The minimum Gasteiger partial charge on any atom is -0.469 e. The molecular weight excluding hydrogens is 234 g/mol. The van der Waals surface area contributed by atoms with Crippen molar-refractivity contribution < 1.29 is 19.1 Å². The SMILES string of the molecule is COC(=O)C1CCN(C(=O)CCC(C)OC)CC1. The van der Waals surface area contributed by atoms with Crippen LogP contribution in [0.25, 0.3) is 0 Å². The van der Waals surface area contributed by atoms with E-state index in [1.54, 1.807) is 7.11 Å². The molecule has 1 rings (SSSR count). The molecule has 1 aliphatic heterocycles. The van der Waals surface area contributed by atoms with Gasteiger partial charge in [0, 0.05) is 26.6 Å². The average molecular weight is 257 g/mol. The molecule has 1 fully saturated rings. The summed E-state index contributed by atoms with van der Waals surface area (Å²) in [6.07, 6.45) is 2.78. The number of ether oxygens (including phenoxy) is 2. The fourth-order valence-corrected chi connectivity index (χ4v) is 2.13. The van der Waals surface area contributed by atoms with Crippen LogP contribution < -0.4 is 0 Å². The number of carbonyl (C=O) groups excluding carboxylic acids is 2. The highest BCUT2D eigenvalue weighted by atomic mass is 16.5. The van der Waals surface area contributed by atoms with E-state index < -0.39 is 0 Å². The van der Waals surface area contributed by atoms with Crippen LogP contribution >= 0.6 is 0 Å². The molecule has 0 saturated carbocycles. The number of rotatable bonds is 5. The second kappa shape index (κ2) is 7.36. The average Bonchev–Trinajstić information content (AvgIpc) is 2.43. The first-order valence-corrected chi connectivity index (χ1v) is 6.46. The summed E-state index contributed by atoms with van der Waals surface area (Å²) in [5.74, 6) is -0.0470. The molecule has 1 saturated heterocycles. The highest BCUT2D eigenvalue weighted by molar-refractivity contribution is 5.77. The van der Waals surface area contributed by atoms with Crippen molar-refractivity contribution in [3.63, 3.8) is 0 Å². The number of methoxy groups -OCH3 is 2. The normalized spacial score (nSPS) is 18.5. The van der Waals surface area contributed by atoms with Crippen LogP contribution in [0.2, 0.25) is 0 Å². The van der Waals surface area contributed by atoms with Crippen molar-refractivity contribution >= 4 is 11.9 Å². The Hall–Kier alpha value is -1.10. The van der Waals surface area contributed by atoms with Crippen LogP contribution in [-0.4, -0.2) is 50.2 Å². The Morgan fingerprint density at radius 3 is 2.39 bits per heavy atom. The number of amides is 1. The Kier molecular flexibility index (Phi) is 6.12. The minimum absolute atomic E-state index is 0.0445. The van der Waals surface area contributed by atoms with Gasteiger partial charge in [0.15, 0.2) is 0 Å². The molecule has 1 atom stereocenters. The Bertz CT molecular complexity index is 285. The van der Waals surface area contributed by atoms with Gasteiger partial charge in [-0.15, -0.1) is 0 Å². The quantitative estimate of drug-likeness (QED) is 0.695. The monoisotopic (exact) mass is 257 g/mol. The van der Waals surface area contributed by atoms with Crippen molar-refractivity contribution in [2.24, 2.45) is 5.92 Å². The van der Waals surface area contributed by atoms with Crippen LogP contribution in [0.1, 0.15) is 32.6 Å². The van der Waals surface area contributed by atoms with Crippen molar-refractivity contribution in [2.75, 3.05) is 27.3 Å². The molecule has 5 heteroatoms. The maximum absolute atomic E-state index is 11.9. The van der Waals surface area contributed by atoms with Gasteiger partial charge in [-0.25, -0.2) is 0 Å². The van der Waals surface area contributed by atoms with Crippen LogP contribution in [0, 0.1) is 5.92 Å². The number of esters is 1. The first kappa shape index (κ1) is 15.0. The topological polar surface area (TPSA) is 55.8 Å². The van der Waals surface area contributed by atoms with E-state index in [9.17, 15) is 9.59 Å². The van der Waals surface area contributed by atoms with Crippen LogP contribution in [0.15, 0.2) is 0 Å². The third kappa shape index (κ3) is 4.29. The van der Waals surface area contributed by atoms with Crippen molar-refractivity contribution in [2.45, 2.75) is 38.7 Å². The van der Waals surface area contributed by atoms with E-state index in [2.05, 4.69) is 0 Å². The van der Waals surface area contributed by atoms with Gasteiger partial charge in [-0.2, -0.15) is 0 Å². The third-order valence-electron chi connectivity index (χ3n) is 3.55. The summed E-state index contributed by atoms with van der Waals surface area (Å²) in [6.45, 7) is 3.26. The Balaban J connectivity index is 2.29. The van der Waals surface area contributed by atoms with E-state index in [-0.39, 0.29) is 23.9 Å². The summed E-state index contributed by atoms with van der Waals surface area (Å²) >= 11 is 0. The maximum atomic E-state index is 11.9. The predicted octanol–water partition coefficient (Wildman–Crippen LogP) is 1.21. The number of carbonyl (C=O) groups is 2. The molecule has 104 valence electrons. The molecule has 1 amide bonds. The molecule has 0 radical (unpaired) electrons. The van der Waals surface area contributed by atoms with Gasteiger partial charge in [-0.3, -0.25) is 9.59 Å². The van der Waals surface area contributed by atoms with Gasteiger partial charge in [0.25, 0.3) is 0 Å². The van der Waals surface area contributed by atoms with E-state index in [4.69, 9.17) is 9.47 Å². The maximum Gasteiger partial charge on any atom is 0.308 e. The number of piperidine rings is 1. The summed E-state index contributed by atoms with van der Waals surface area (Å²) in [6, 6.07) is 0. The zero-order valence-electron chi connectivity index (χ0n) is 11.5. The van der Waals surface area contributed by atoms with Crippen molar-refractivity contribution in [1.82, 2.24) is 4.90 Å². The van der Waals surface area contributed by atoms with Gasteiger partial charge < -0.3 is 14.4 Å². The predicted molar refractivity (Wildman–Crippen MR) is 67.0 cm³/mol. The second-order valence-electron chi connectivity index (χ2n) is 4.76. The second-order valence-corrected chi connectivity index (χ2v) is 4.76. The van der Waals surface area contributed by atoms with Crippen LogP contribution in [0.5, 0.6) is 0 Å². The number of nitrogens with zero attached hydrogens (tertiary/aromatic N) is 1. The van der Waals surface area contributed by atoms with E-state index in [0.717, 1.165) is 6.42 Å². The molecule has 1 unspecified atom stereocenters.